The van der Waals surface area contributed by atoms with Gasteiger partial charge >= 0.3 is 0 Å². The van der Waals surface area contributed by atoms with Crippen LogP contribution in [0.3, 0.4) is 0 Å². The van der Waals surface area contributed by atoms with Crippen molar-refractivity contribution in [2.75, 3.05) is 24.6 Å². The lowest BCUT2D eigenvalue weighted by molar-refractivity contribution is -0.129. The van der Waals surface area contributed by atoms with E-state index in [9.17, 15) is 9.59 Å². The fraction of sp³-hybridized carbons (Fsp3) is 0.179. The molecule has 2 aliphatic heterocycles. The number of anilines is 1. The van der Waals surface area contributed by atoms with Crippen LogP contribution in [0.1, 0.15) is 27.8 Å². The molecule has 2 aliphatic rings. The minimum atomic E-state index is -1.10. The number of para-hydroxylation sites is 1. The number of imide groups is 1. The van der Waals surface area contributed by atoms with Crippen LogP contribution >= 0.6 is 11.8 Å². The molecule has 0 aliphatic carbocycles. The van der Waals surface area contributed by atoms with Gasteiger partial charge in [-0.1, -0.05) is 133 Å². The Labute approximate surface area is 268 Å². The highest BCUT2D eigenvalue weighted by molar-refractivity contribution is 8.15. The van der Waals surface area contributed by atoms with Crippen LogP contribution in [0.15, 0.2) is 140 Å². The van der Waals surface area contributed by atoms with E-state index in [0.717, 1.165) is 59.3 Å². The van der Waals surface area contributed by atoms with Crippen molar-refractivity contribution in [1.82, 2.24) is 4.90 Å². The Hall–Kier alpha value is -4.81. The van der Waals surface area contributed by atoms with Crippen LogP contribution in [0.4, 0.5) is 10.5 Å². The molecule has 2 heterocycles. The van der Waals surface area contributed by atoms with Gasteiger partial charge in [0.25, 0.3) is 5.24 Å². The molecule has 45 heavy (non-hydrogen) atoms. The minimum Gasteiger partial charge on any atom is -0.492 e. The summed E-state index contributed by atoms with van der Waals surface area (Å²) in [6, 6.07) is 46.1. The summed E-state index contributed by atoms with van der Waals surface area (Å²) in [5.41, 5.74) is 5.17. The molecular weight excluding hydrogens is 577 g/mol. The van der Waals surface area contributed by atoms with Crippen molar-refractivity contribution in [1.29, 1.82) is 0 Å². The average Bonchev–Trinajstić information content (AvgIpc) is 3.63. The second-order valence-corrected chi connectivity index (χ2v) is 12.6. The van der Waals surface area contributed by atoms with Crippen molar-refractivity contribution in [2.45, 2.75) is 23.6 Å². The van der Waals surface area contributed by atoms with E-state index < -0.39 is 10.8 Å². The van der Waals surface area contributed by atoms with Gasteiger partial charge in [-0.3, -0.25) is 14.5 Å². The van der Waals surface area contributed by atoms with Crippen LogP contribution in [-0.2, 0) is 23.2 Å². The van der Waals surface area contributed by atoms with Gasteiger partial charge in [0, 0.05) is 12.2 Å². The standard InChI is InChI=1S/C39H34N2O3S/c42-37-36(28-29-20-22-34(23-21-29)44-27-26-40-25-24-30-12-10-11-19-35(30)40)45-38(43)41(37)39(31-13-4-1-5-14-31,32-15-6-2-7-16-32)33-17-8-3-9-18-33/h1-23,36H,24-28H2. The van der Waals surface area contributed by atoms with Crippen LogP contribution in [-0.4, -0.2) is 41.0 Å². The third-order valence-corrected chi connectivity index (χ3v) is 9.83. The van der Waals surface area contributed by atoms with Gasteiger partial charge in [-0.15, -0.1) is 0 Å². The Kier molecular flexibility index (Phi) is 8.14. The van der Waals surface area contributed by atoms with Gasteiger partial charge in [0.2, 0.25) is 5.91 Å². The third kappa shape index (κ3) is 5.51. The molecule has 0 bridgehead atoms. The summed E-state index contributed by atoms with van der Waals surface area (Å²) in [7, 11) is 0. The van der Waals surface area contributed by atoms with E-state index in [1.807, 2.05) is 115 Å². The molecule has 0 radical (unpaired) electrons. The first-order chi connectivity index (χ1) is 22.1. The van der Waals surface area contributed by atoms with E-state index in [2.05, 4.69) is 29.2 Å². The number of carbonyl (C=O) groups excluding carboxylic acids is 2. The molecular formula is C39H34N2O3S. The van der Waals surface area contributed by atoms with Crippen molar-refractivity contribution in [2.24, 2.45) is 0 Å². The van der Waals surface area contributed by atoms with Crippen molar-refractivity contribution in [3.8, 4) is 5.75 Å². The van der Waals surface area contributed by atoms with Gasteiger partial charge in [-0.2, -0.15) is 0 Å². The molecule has 0 N–H and O–H groups in total. The Bertz CT molecular complexity index is 1680. The van der Waals surface area contributed by atoms with Gasteiger partial charge in [0.15, 0.2) is 0 Å². The van der Waals surface area contributed by atoms with Crippen molar-refractivity contribution >= 4 is 28.6 Å². The Morgan fingerprint density at radius 3 is 1.84 bits per heavy atom. The number of carbonyl (C=O) groups is 2. The first kappa shape index (κ1) is 28.9. The normalized spacial score (nSPS) is 16.2. The molecule has 5 nitrogen and oxygen atoms in total. The average molecular weight is 611 g/mol. The lowest BCUT2D eigenvalue weighted by Crippen LogP contribution is -2.51. The first-order valence-electron chi connectivity index (χ1n) is 15.4. The monoisotopic (exact) mass is 610 g/mol. The SMILES string of the molecule is O=C1SC(Cc2ccc(OCCN3CCc4ccccc43)cc2)C(=O)N1C(c1ccccc1)(c1ccccc1)c1ccccc1. The maximum atomic E-state index is 14.4. The van der Waals surface area contributed by atoms with Crippen LogP contribution < -0.4 is 9.64 Å². The maximum absolute atomic E-state index is 14.4. The minimum absolute atomic E-state index is 0.187. The zero-order chi connectivity index (χ0) is 30.6. The summed E-state index contributed by atoms with van der Waals surface area (Å²) < 4.78 is 6.08. The van der Waals surface area contributed by atoms with E-state index in [4.69, 9.17) is 4.74 Å². The van der Waals surface area contributed by atoms with Gasteiger partial charge in [0.05, 0.1) is 11.8 Å². The summed E-state index contributed by atoms with van der Waals surface area (Å²) in [5.74, 6) is 0.610. The predicted octanol–water partition coefficient (Wildman–Crippen LogP) is 7.73. The largest absolute Gasteiger partial charge is 0.492 e. The molecule has 6 heteroatoms. The smallest absolute Gasteiger partial charge is 0.290 e. The van der Waals surface area contributed by atoms with Crippen molar-refractivity contribution in [3.05, 3.63) is 167 Å². The summed E-state index contributed by atoms with van der Waals surface area (Å²) >= 11 is 1.11. The van der Waals surface area contributed by atoms with Gasteiger partial charge in [-0.05, 0) is 58.9 Å². The molecule has 5 aromatic rings. The summed E-state index contributed by atoms with van der Waals surface area (Å²) in [6.07, 6.45) is 1.52. The molecule has 0 saturated carbocycles. The second-order valence-electron chi connectivity index (χ2n) is 11.4. The second kappa shape index (κ2) is 12.7. The lowest BCUT2D eigenvalue weighted by Gasteiger charge is -2.42. The molecule has 7 rings (SSSR count). The summed E-state index contributed by atoms with van der Waals surface area (Å²) in [5, 5.41) is -0.778. The summed E-state index contributed by atoms with van der Waals surface area (Å²) in [4.78, 5) is 32.2. The van der Waals surface area contributed by atoms with Crippen molar-refractivity contribution < 1.29 is 14.3 Å². The molecule has 1 saturated heterocycles. The van der Waals surface area contributed by atoms with Crippen LogP contribution in [0.5, 0.6) is 5.75 Å². The molecule has 2 amide bonds. The highest BCUT2D eigenvalue weighted by atomic mass is 32.2. The number of rotatable bonds is 10. The zero-order valence-corrected chi connectivity index (χ0v) is 25.7. The number of amides is 2. The molecule has 1 unspecified atom stereocenters. The molecule has 0 spiro atoms. The fourth-order valence-electron chi connectivity index (χ4n) is 6.66. The van der Waals surface area contributed by atoms with Crippen LogP contribution in [0, 0.1) is 0 Å². The Morgan fingerprint density at radius 1 is 0.689 bits per heavy atom. The number of thioether (sulfide) groups is 1. The van der Waals surface area contributed by atoms with E-state index in [1.54, 1.807) is 0 Å². The third-order valence-electron chi connectivity index (χ3n) is 8.79. The highest BCUT2D eigenvalue weighted by Crippen LogP contribution is 2.47. The molecule has 0 aromatic heterocycles. The topological polar surface area (TPSA) is 49.9 Å². The molecule has 5 aromatic carbocycles. The van der Waals surface area contributed by atoms with E-state index in [0.29, 0.717) is 13.0 Å². The Balaban J connectivity index is 1.11. The quantitative estimate of drug-likeness (QED) is 0.152. The van der Waals surface area contributed by atoms with Gasteiger partial charge < -0.3 is 9.64 Å². The molecule has 1 atom stereocenters. The number of ether oxygens (including phenoxy) is 1. The van der Waals surface area contributed by atoms with Crippen LogP contribution in [0.2, 0.25) is 0 Å². The number of hydrogen-bond acceptors (Lipinski definition) is 5. The summed E-state index contributed by atoms with van der Waals surface area (Å²) in [6.45, 7) is 2.44. The molecule has 224 valence electrons. The maximum Gasteiger partial charge on any atom is 0.290 e. The predicted molar refractivity (Wildman–Crippen MR) is 181 cm³/mol. The molecule has 1 fully saturated rings. The van der Waals surface area contributed by atoms with E-state index in [1.165, 1.54) is 16.2 Å². The van der Waals surface area contributed by atoms with Crippen molar-refractivity contribution in [3.63, 3.8) is 0 Å². The number of hydrogen-bond donors (Lipinski definition) is 0. The zero-order valence-electron chi connectivity index (χ0n) is 24.9. The van der Waals surface area contributed by atoms with E-state index >= 15 is 0 Å². The first-order valence-corrected chi connectivity index (χ1v) is 16.3. The fourth-order valence-corrected chi connectivity index (χ4v) is 7.72. The number of benzene rings is 5. The number of nitrogens with zero attached hydrogens (tertiary/aromatic N) is 2. The lowest BCUT2D eigenvalue weighted by atomic mass is 9.75. The van der Waals surface area contributed by atoms with E-state index in [-0.39, 0.29) is 11.1 Å². The highest BCUT2D eigenvalue weighted by Gasteiger charge is 2.53. The van der Waals surface area contributed by atoms with Crippen LogP contribution in [0.25, 0.3) is 0 Å². The Morgan fingerprint density at radius 2 is 1.24 bits per heavy atom. The van der Waals surface area contributed by atoms with Gasteiger partial charge in [0.1, 0.15) is 17.9 Å². The van der Waals surface area contributed by atoms with Gasteiger partial charge in [-0.25, -0.2) is 0 Å². The number of fused-ring (bicyclic) bond motifs is 1.